The Morgan fingerprint density at radius 2 is 1.62 bits per heavy atom. The van der Waals surface area contributed by atoms with Gasteiger partial charge < -0.3 is 0 Å². The summed E-state index contributed by atoms with van der Waals surface area (Å²) in [5, 5.41) is 2.76. The first-order valence-corrected chi connectivity index (χ1v) is 6.54. The highest BCUT2D eigenvalue weighted by Crippen LogP contribution is 2.20. The fraction of sp³-hybridized carbons (Fsp3) is 0.333. The summed E-state index contributed by atoms with van der Waals surface area (Å²) in [5.74, 6) is 0.898. The average molecular weight is 229 g/mol. The number of benzene rings is 2. The monoisotopic (exact) mass is 229 g/mol. The molecule has 83 valence electrons. The zero-order valence-corrected chi connectivity index (χ0v) is 10.3. The molecule has 0 saturated carbocycles. The molecule has 0 aliphatic carbocycles. The summed E-state index contributed by atoms with van der Waals surface area (Å²) in [7, 11) is 0. The fourth-order valence-electron chi connectivity index (χ4n) is 2.10. The van der Waals surface area contributed by atoms with Crippen LogP contribution in [0.15, 0.2) is 42.5 Å². The second-order valence-corrected chi connectivity index (χ2v) is 4.56. The first-order chi connectivity index (χ1) is 7.92. The largest absolute Gasteiger partial charge is 0.0942 e. The van der Waals surface area contributed by atoms with Crippen LogP contribution in [0.5, 0.6) is 0 Å². The Morgan fingerprint density at radius 3 is 2.50 bits per heavy atom. The molecule has 2 aromatic carbocycles. The standard InChI is InChI=1S/C15H17S/c16-12-5-1-2-7-13-9-6-10-14-8-3-4-11-15(13)14/h3-4,6,8-11H,1-2,5,7,12H2. The summed E-state index contributed by atoms with van der Waals surface area (Å²) in [4.78, 5) is 0. The van der Waals surface area contributed by atoms with Gasteiger partial charge in [-0.3, -0.25) is 0 Å². The van der Waals surface area contributed by atoms with Crippen molar-refractivity contribution in [2.75, 3.05) is 5.75 Å². The van der Waals surface area contributed by atoms with Gasteiger partial charge in [0.25, 0.3) is 0 Å². The average Bonchev–Trinajstić information content (AvgIpc) is 2.35. The van der Waals surface area contributed by atoms with Crippen molar-refractivity contribution >= 4 is 23.4 Å². The lowest BCUT2D eigenvalue weighted by Crippen LogP contribution is -1.88. The molecule has 0 unspecified atom stereocenters. The van der Waals surface area contributed by atoms with Gasteiger partial charge in [0.1, 0.15) is 0 Å². The van der Waals surface area contributed by atoms with Crippen molar-refractivity contribution in [3.63, 3.8) is 0 Å². The molecule has 0 aliphatic heterocycles. The highest BCUT2D eigenvalue weighted by molar-refractivity contribution is 7.80. The van der Waals surface area contributed by atoms with Crippen LogP contribution in [-0.2, 0) is 6.42 Å². The molecule has 2 aromatic rings. The minimum atomic E-state index is 0.898. The maximum atomic E-state index is 4.96. The van der Waals surface area contributed by atoms with E-state index >= 15 is 0 Å². The van der Waals surface area contributed by atoms with Gasteiger partial charge in [-0.2, -0.15) is 0 Å². The van der Waals surface area contributed by atoms with Crippen molar-refractivity contribution in [2.45, 2.75) is 25.7 Å². The summed E-state index contributed by atoms with van der Waals surface area (Å²) in [5.41, 5.74) is 1.47. The second kappa shape index (κ2) is 5.95. The maximum Gasteiger partial charge on any atom is 0.00369 e. The Balaban J connectivity index is 2.11. The molecule has 16 heavy (non-hydrogen) atoms. The van der Waals surface area contributed by atoms with Crippen molar-refractivity contribution in [2.24, 2.45) is 0 Å². The van der Waals surface area contributed by atoms with Crippen LogP contribution in [0.2, 0.25) is 0 Å². The predicted molar refractivity (Wildman–Crippen MR) is 74.0 cm³/mol. The number of hydrogen-bond acceptors (Lipinski definition) is 0. The summed E-state index contributed by atoms with van der Waals surface area (Å²) in [6, 6.07) is 15.2. The molecule has 0 N–H and O–H groups in total. The Hall–Kier alpha value is -0.950. The lowest BCUT2D eigenvalue weighted by Gasteiger charge is -2.05. The Labute approximate surface area is 103 Å². The molecule has 0 spiro atoms. The molecule has 0 bridgehead atoms. The Morgan fingerprint density at radius 1 is 0.812 bits per heavy atom. The Bertz CT molecular complexity index is 443. The highest BCUT2D eigenvalue weighted by Gasteiger charge is 1.99. The van der Waals surface area contributed by atoms with Crippen LogP contribution in [0.3, 0.4) is 0 Å². The van der Waals surface area contributed by atoms with E-state index in [-0.39, 0.29) is 0 Å². The van der Waals surface area contributed by atoms with E-state index in [1.165, 1.54) is 42.0 Å². The zero-order chi connectivity index (χ0) is 11.2. The van der Waals surface area contributed by atoms with E-state index < -0.39 is 0 Å². The number of unbranched alkanes of at least 4 members (excludes halogenated alkanes) is 2. The molecular weight excluding hydrogens is 212 g/mol. The number of hydrogen-bond donors (Lipinski definition) is 0. The van der Waals surface area contributed by atoms with Gasteiger partial charge in [0.05, 0.1) is 0 Å². The summed E-state index contributed by atoms with van der Waals surface area (Å²) in [6.07, 6.45) is 4.87. The molecule has 0 saturated heterocycles. The zero-order valence-electron chi connectivity index (χ0n) is 9.49. The number of fused-ring (bicyclic) bond motifs is 1. The molecular formula is C15H17S. The maximum absolute atomic E-state index is 4.96. The molecule has 0 amide bonds. The molecule has 0 atom stereocenters. The normalized spacial score (nSPS) is 10.8. The van der Waals surface area contributed by atoms with E-state index in [1.807, 2.05) is 0 Å². The van der Waals surface area contributed by atoms with Gasteiger partial charge in [-0.25, -0.2) is 0 Å². The van der Waals surface area contributed by atoms with Crippen molar-refractivity contribution < 1.29 is 0 Å². The van der Waals surface area contributed by atoms with Crippen molar-refractivity contribution in [1.29, 1.82) is 0 Å². The van der Waals surface area contributed by atoms with Gasteiger partial charge in [-0.05, 0) is 35.6 Å². The minimum Gasteiger partial charge on any atom is -0.0942 e. The van der Waals surface area contributed by atoms with Crippen LogP contribution in [-0.4, -0.2) is 5.75 Å². The third-order valence-electron chi connectivity index (χ3n) is 2.97. The van der Waals surface area contributed by atoms with E-state index in [0.717, 1.165) is 5.75 Å². The lowest BCUT2D eigenvalue weighted by molar-refractivity contribution is 0.725. The molecule has 0 aliphatic rings. The van der Waals surface area contributed by atoms with Gasteiger partial charge in [0, 0.05) is 5.75 Å². The third-order valence-corrected chi connectivity index (χ3v) is 3.26. The highest BCUT2D eigenvalue weighted by atomic mass is 32.1. The van der Waals surface area contributed by atoms with Gasteiger partial charge in [-0.15, -0.1) is 0 Å². The Kier molecular flexibility index (Phi) is 4.29. The molecule has 0 fully saturated rings. The first-order valence-electron chi connectivity index (χ1n) is 5.96. The van der Waals surface area contributed by atoms with E-state index in [2.05, 4.69) is 42.5 Å². The summed E-state index contributed by atoms with van der Waals surface area (Å²) in [6.45, 7) is 0. The minimum absolute atomic E-state index is 0.898. The first kappa shape index (κ1) is 11.5. The van der Waals surface area contributed by atoms with Crippen molar-refractivity contribution in [3.05, 3.63) is 48.0 Å². The molecule has 1 radical (unpaired) electrons. The van der Waals surface area contributed by atoms with E-state index in [4.69, 9.17) is 12.6 Å². The van der Waals surface area contributed by atoms with Gasteiger partial charge in [0.2, 0.25) is 0 Å². The van der Waals surface area contributed by atoms with E-state index in [9.17, 15) is 0 Å². The van der Waals surface area contributed by atoms with Crippen LogP contribution >= 0.6 is 12.6 Å². The molecule has 2 rings (SSSR count). The van der Waals surface area contributed by atoms with Crippen LogP contribution in [0.1, 0.15) is 24.8 Å². The lowest BCUT2D eigenvalue weighted by atomic mass is 10.00. The van der Waals surface area contributed by atoms with Crippen molar-refractivity contribution in [3.8, 4) is 0 Å². The smallest absolute Gasteiger partial charge is 0.00369 e. The molecule has 0 nitrogen and oxygen atoms in total. The van der Waals surface area contributed by atoms with Crippen LogP contribution < -0.4 is 0 Å². The molecule has 0 aromatic heterocycles. The van der Waals surface area contributed by atoms with Gasteiger partial charge in [0.15, 0.2) is 0 Å². The summed E-state index contributed by atoms with van der Waals surface area (Å²) >= 11 is 4.96. The van der Waals surface area contributed by atoms with E-state index in [1.54, 1.807) is 0 Å². The second-order valence-electron chi connectivity index (χ2n) is 4.15. The summed E-state index contributed by atoms with van der Waals surface area (Å²) < 4.78 is 0. The fourth-order valence-corrected chi connectivity index (χ4v) is 2.31. The molecule has 1 heteroatoms. The van der Waals surface area contributed by atoms with Crippen LogP contribution in [0, 0.1) is 0 Å². The number of aryl methyl sites for hydroxylation is 1. The van der Waals surface area contributed by atoms with E-state index in [0.29, 0.717) is 0 Å². The third kappa shape index (κ3) is 2.79. The van der Waals surface area contributed by atoms with Crippen LogP contribution in [0.4, 0.5) is 0 Å². The van der Waals surface area contributed by atoms with Gasteiger partial charge >= 0.3 is 0 Å². The number of rotatable bonds is 5. The quantitative estimate of drug-likeness (QED) is 0.649. The van der Waals surface area contributed by atoms with Crippen molar-refractivity contribution in [1.82, 2.24) is 0 Å². The van der Waals surface area contributed by atoms with Crippen LogP contribution in [0.25, 0.3) is 10.8 Å². The topological polar surface area (TPSA) is 0 Å². The predicted octanol–water partition coefficient (Wildman–Crippen LogP) is 4.75. The molecule has 0 heterocycles. The van der Waals surface area contributed by atoms with Gasteiger partial charge in [-0.1, -0.05) is 61.5 Å². The SMILES string of the molecule is [S]CCCCCc1cccc2ccccc12.